The van der Waals surface area contributed by atoms with Crippen LogP contribution in [0.1, 0.15) is 10.4 Å². The highest BCUT2D eigenvalue weighted by molar-refractivity contribution is 5.99. The first-order valence-electron chi connectivity index (χ1n) is 5.97. The summed E-state index contributed by atoms with van der Waals surface area (Å²) >= 11 is 0. The van der Waals surface area contributed by atoms with Crippen molar-refractivity contribution in [1.29, 1.82) is 0 Å². The molecule has 0 atom stereocenters. The van der Waals surface area contributed by atoms with E-state index in [1.54, 1.807) is 0 Å². The maximum Gasteiger partial charge on any atom is 0.311 e. The lowest BCUT2D eigenvalue weighted by molar-refractivity contribution is -0.385. The third kappa shape index (κ3) is 4.73. The molecule has 9 heteroatoms. The van der Waals surface area contributed by atoms with Crippen molar-refractivity contribution in [2.45, 2.75) is 0 Å². The molecule has 0 aromatic heterocycles. The predicted octanol–water partition coefficient (Wildman–Crippen LogP) is -0.207. The van der Waals surface area contributed by atoms with Crippen molar-refractivity contribution >= 4 is 17.5 Å². The molecule has 0 fully saturated rings. The lowest BCUT2D eigenvalue weighted by Crippen LogP contribution is -2.38. The number of rotatable bonds is 7. The summed E-state index contributed by atoms with van der Waals surface area (Å²) in [4.78, 5) is 33.0. The molecule has 0 aliphatic heterocycles. The second-order valence-electron chi connectivity index (χ2n) is 3.96. The molecule has 2 amide bonds. The second-order valence-corrected chi connectivity index (χ2v) is 3.96. The van der Waals surface area contributed by atoms with E-state index in [1.165, 1.54) is 19.2 Å². The highest BCUT2D eigenvalue weighted by atomic mass is 16.6. The molecule has 1 aromatic rings. The summed E-state index contributed by atoms with van der Waals surface area (Å²) in [7, 11) is 1.49. The van der Waals surface area contributed by atoms with E-state index in [2.05, 4.69) is 10.6 Å². The van der Waals surface area contributed by atoms with E-state index in [-0.39, 0.29) is 12.1 Å². The Morgan fingerprint density at radius 2 is 2.10 bits per heavy atom. The van der Waals surface area contributed by atoms with Crippen LogP contribution < -0.4 is 10.6 Å². The molecule has 114 valence electrons. The third-order valence-electron chi connectivity index (χ3n) is 2.49. The van der Waals surface area contributed by atoms with E-state index in [9.17, 15) is 24.8 Å². The maximum absolute atomic E-state index is 11.8. The number of methoxy groups -OCH3 is 1. The van der Waals surface area contributed by atoms with Crippen LogP contribution in [0.5, 0.6) is 5.75 Å². The van der Waals surface area contributed by atoms with Crippen LogP contribution in [0.3, 0.4) is 0 Å². The molecular weight excluding hydrogens is 282 g/mol. The fraction of sp³-hybridized carbons (Fsp3) is 0.333. The summed E-state index contributed by atoms with van der Waals surface area (Å²) in [5.74, 6) is -1.96. The number of carbonyl (C=O) groups excluding carboxylic acids is 2. The molecule has 3 N–H and O–H groups in total. The van der Waals surface area contributed by atoms with Gasteiger partial charge in [0.25, 0.3) is 5.91 Å². The normalized spacial score (nSPS) is 9.95. The van der Waals surface area contributed by atoms with Gasteiger partial charge in [-0.25, -0.2) is 0 Å². The van der Waals surface area contributed by atoms with Crippen molar-refractivity contribution in [3.05, 3.63) is 33.9 Å². The first-order chi connectivity index (χ1) is 9.97. The summed E-state index contributed by atoms with van der Waals surface area (Å²) in [6.45, 7) is 0.323. The number of para-hydroxylation sites is 1. The Morgan fingerprint density at radius 3 is 2.71 bits per heavy atom. The topological polar surface area (TPSA) is 131 Å². The molecular formula is C12H15N3O6. The number of amides is 2. The molecule has 0 aliphatic rings. The molecule has 0 radical (unpaired) electrons. The van der Waals surface area contributed by atoms with E-state index >= 15 is 0 Å². The lowest BCUT2D eigenvalue weighted by Gasteiger charge is -2.07. The number of nitrogens with one attached hydrogen (secondary N) is 2. The largest absolute Gasteiger partial charge is 0.502 e. The van der Waals surface area contributed by atoms with Gasteiger partial charge >= 0.3 is 5.69 Å². The number of aromatic hydroxyl groups is 1. The summed E-state index contributed by atoms with van der Waals surface area (Å²) in [5, 5.41) is 25.0. The van der Waals surface area contributed by atoms with E-state index in [0.717, 1.165) is 6.07 Å². The average Bonchev–Trinajstić information content (AvgIpc) is 2.45. The minimum absolute atomic E-state index is 0.270. The maximum atomic E-state index is 11.8. The number of hydrogen-bond acceptors (Lipinski definition) is 6. The highest BCUT2D eigenvalue weighted by Gasteiger charge is 2.20. The van der Waals surface area contributed by atoms with Crippen molar-refractivity contribution in [2.75, 3.05) is 26.8 Å². The van der Waals surface area contributed by atoms with Crippen LogP contribution in [0.4, 0.5) is 5.69 Å². The molecule has 9 nitrogen and oxygen atoms in total. The van der Waals surface area contributed by atoms with Gasteiger partial charge in [-0.15, -0.1) is 0 Å². The summed E-state index contributed by atoms with van der Waals surface area (Å²) in [5.41, 5.74) is -0.846. The molecule has 0 bridgehead atoms. The van der Waals surface area contributed by atoms with Crippen LogP contribution >= 0.6 is 0 Å². The van der Waals surface area contributed by atoms with Crippen molar-refractivity contribution in [1.82, 2.24) is 10.6 Å². The van der Waals surface area contributed by atoms with E-state index in [4.69, 9.17) is 4.74 Å². The SMILES string of the molecule is COCCNC(=O)CNC(=O)c1cccc([N+](=O)[O-])c1O. The Kier molecular flexibility index (Phi) is 6.08. The number of nitrogens with zero attached hydrogens (tertiary/aromatic N) is 1. The Morgan fingerprint density at radius 1 is 1.38 bits per heavy atom. The van der Waals surface area contributed by atoms with E-state index in [1.807, 2.05) is 0 Å². The Hall–Kier alpha value is -2.68. The van der Waals surface area contributed by atoms with E-state index in [0.29, 0.717) is 13.2 Å². The zero-order valence-electron chi connectivity index (χ0n) is 11.3. The molecule has 0 saturated carbocycles. The van der Waals surface area contributed by atoms with Gasteiger partial charge in [0.2, 0.25) is 11.7 Å². The zero-order valence-corrected chi connectivity index (χ0v) is 11.3. The fourth-order valence-electron chi connectivity index (χ4n) is 1.47. The molecule has 0 saturated heterocycles. The number of carbonyl (C=O) groups is 2. The molecule has 0 heterocycles. The second kappa shape index (κ2) is 7.80. The van der Waals surface area contributed by atoms with Crippen LogP contribution in [0.2, 0.25) is 0 Å². The van der Waals surface area contributed by atoms with Gasteiger partial charge in [-0.2, -0.15) is 0 Å². The minimum Gasteiger partial charge on any atom is -0.502 e. The first-order valence-corrected chi connectivity index (χ1v) is 5.97. The summed E-state index contributed by atoms with van der Waals surface area (Å²) in [6.07, 6.45) is 0. The Bertz CT molecular complexity index is 546. The Balaban J connectivity index is 2.62. The quantitative estimate of drug-likeness (QED) is 0.362. The molecule has 0 unspecified atom stereocenters. The fourth-order valence-corrected chi connectivity index (χ4v) is 1.47. The van der Waals surface area contributed by atoms with Gasteiger partial charge in [-0.3, -0.25) is 19.7 Å². The van der Waals surface area contributed by atoms with Crippen molar-refractivity contribution in [2.24, 2.45) is 0 Å². The number of ether oxygens (including phenoxy) is 1. The zero-order chi connectivity index (χ0) is 15.8. The van der Waals surface area contributed by atoms with Crippen molar-refractivity contribution in [3.63, 3.8) is 0 Å². The number of nitro groups is 1. The van der Waals surface area contributed by atoms with Crippen molar-refractivity contribution in [3.8, 4) is 5.75 Å². The third-order valence-corrected chi connectivity index (χ3v) is 2.49. The first kappa shape index (κ1) is 16.4. The van der Waals surface area contributed by atoms with Crippen molar-refractivity contribution < 1.29 is 24.4 Å². The van der Waals surface area contributed by atoms with Gasteiger partial charge in [0.1, 0.15) is 0 Å². The highest BCUT2D eigenvalue weighted by Crippen LogP contribution is 2.28. The monoisotopic (exact) mass is 297 g/mol. The van der Waals surface area contributed by atoms with E-state index < -0.39 is 28.2 Å². The van der Waals surface area contributed by atoms with Crippen LogP contribution in [0.25, 0.3) is 0 Å². The summed E-state index contributed by atoms with van der Waals surface area (Å²) in [6, 6.07) is 3.56. The van der Waals surface area contributed by atoms with Gasteiger partial charge in [0, 0.05) is 19.7 Å². The molecule has 21 heavy (non-hydrogen) atoms. The smallest absolute Gasteiger partial charge is 0.311 e. The molecule has 0 aliphatic carbocycles. The molecule has 1 aromatic carbocycles. The van der Waals surface area contributed by atoms with Gasteiger partial charge in [-0.05, 0) is 6.07 Å². The van der Waals surface area contributed by atoms with Gasteiger partial charge in [0.15, 0.2) is 0 Å². The molecule has 0 spiro atoms. The minimum atomic E-state index is -0.802. The van der Waals surface area contributed by atoms with Crippen LogP contribution in [-0.4, -0.2) is 48.7 Å². The van der Waals surface area contributed by atoms with Crippen LogP contribution in [-0.2, 0) is 9.53 Å². The Labute approximate surface area is 120 Å². The van der Waals surface area contributed by atoms with Gasteiger partial charge in [0.05, 0.1) is 23.6 Å². The standard InChI is InChI=1S/C12H15N3O6/c1-21-6-5-13-10(16)7-14-12(18)8-3-2-4-9(11(8)17)15(19)20/h2-4,17H,5-7H2,1H3,(H,13,16)(H,14,18). The average molecular weight is 297 g/mol. The lowest BCUT2D eigenvalue weighted by atomic mass is 10.1. The number of hydrogen-bond donors (Lipinski definition) is 3. The van der Waals surface area contributed by atoms with Gasteiger partial charge in [-0.1, -0.05) is 6.07 Å². The predicted molar refractivity (Wildman–Crippen MR) is 72.0 cm³/mol. The number of phenolic OH excluding ortho intramolecular Hbond substituents is 1. The summed E-state index contributed by atoms with van der Waals surface area (Å²) < 4.78 is 4.74. The van der Waals surface area contributed by atoms with Crippen LogP contribution in [0, 0.1) is 10.1 Å². The molecule has 1 rings (SSSR count). The number of phenols is 1. The number of nitro benzene ring substituents is 1. The number of benzene rings is 1. The van der Waals surface area contributed by atoms with Gasteiger partial charge < -0.3 is 20.5 Å². The van der Waals surface area contributed by atoms with Crippen LogP contribution in [0.15, 0.2) is 18.2 Å².